The van der Waals surface area contributed by atoms with Gasteiger partial charge < -0.3 is 5.11 Å². The summed E-state index contributed by atoms with van der Waals surface area (Å²) in [6.07, 6.45) is -2.59. The number of fused-ring (bicyclic) bond motifs is 1. The van der Waals surface area contributed by atoms with Crippen molar-refractivity contribution in [2.24, 2.45) is 0 Å². The molecule has 2 aromatic heterocycles. The fraction of sp³-hybridized carbons (Fsp3) is 0.188. The lowest BCUT2D eigenvalue weighted by Gasteiger charge is -2.11. The van der Waals surface area contributed by atoms with Crippen molar-refractivity contribution in [3.63, 3.8) is 0 Å². The lowest BCUT2D eigenvalue weighted by atomic mass is 10.0. The lowest BCUT2D eigenvalue weighted by Crippen LogP contribution is -2.11. The van der Waals surface area contributed by atoms with Crippen molar-refractivity contribution in [1.29, 1.82) is 0 Å². The van der Waals surface area contributed by atoms with E-state index in [9.17, 15) is 27.5 Å². The Hall–Kier alpha value is -2.97. The summed E-state index contributed by atoms with van der Waals surface area (Å²) < 4.78 is 53.4. The number of aryl methyl sites for hydroxylation is 1. The van der Waals surface area contributed by atoms with Crippen LogP contribution in [0.1, 0.15) is 34.2 Å². The van der Waals surface area contributed by atoms with Gasteiger partial charge in [-0.15, -0.1) is 0 Å². The van der Waals surface area contributed by atoms with Crippen LogP contribution in [-0.4, -0.2) is 25.3 Å². The standard InChI is InChI=1S/C16H11F4N3O2/c1-2-11-13(23-7-9(17)6-21-15(23)22-11)14(25)8-3-4-12(24)10(5-8)16(18,19)20/h3-7,24H,2H2,1H3. The highest BCUT2D eigenvalue weighted by Gasteiger charge is 2.35. The van der Waals surface area contributed by atoms with Gasteiger partial charge in [-0.3, -0.25) is 9.20 Å². The van der Waals surface area contributed by atoms with Gasteiger partial charge in [0, 0.05) is 5.56 Å². The van der Waals surface area contributed by atoms with Crippen LogP contribution in [0, 0.1) is 5.82 Å². The van der Waals surface area contributed by atoms with Crippen LogP contribution < -0.4 is 0 Å². The van der Waals surface area contributed by atoms with E-state index in [-0.39, 0.29) is 22.7 Å². The van der Waals surface area contributed by atoms with Crippen molar-refractivity contribution < 1.29 is 27.5 Å². The molecule has 9 heteroatoms. The van der Waals surface area contributed by atoms with Gasteiger partial charge in [0.1, 0.15) is 11.4 Å². The average molecular weight is 353 g/mol. The molecule has 0 aliphatic rings. The van der Waals surface area contributed by atoms with E-state index in [2.05, 4.69) is 9.97 Å². The SMILES string of the molecule is CCc1nc2ncc(F)cn2c1C(=O)c1ccc(O)c(C(F)(F)F)c1. The smallest absolute Gasteiger partial charge is 0.419 e. The first-order valence-electron chi connectivity index (χ1n) is 7.19. The molecule has 0 atom stereocenters. The second-order valence-electron chi connectivity index (χ2n) is 5.26. The summed E-state index contributed by atoms with van der Waals surface area (Å²) in [7, 11) is 0. The van der Waals surface area contributed by atoms with E-state index in [1.807, 2.05) is 0 Å². The maximum absolute atomic E-state index is 13.5. The molecule has 0 aliphatic heterocycles. The third kappa shape index (κ3) is 2.92. The molecule has 0 unspecified atom stereocenters. The number of hydrogen-bond donors (Lipinski definition) is 1. The molecule has 0 saturated carbocycles. The van der Waals surface area contributed by atoms with Crippen LogP contribution in [0.15, 0.2) is 30.6 Å². The highest BCUT2D eigenvalue weighted by molar-refractivity contribution is 6.09. The topological polar surface area (TPSA) is 67.5 Å². The zero-order chi connectivity index (χ0) is 18.4. The molecule has 2 heterocycles. The van der Waals surface area contributed by atoms with Gasteiger partial charge in [-0.2, -0.15) is 13.2 Å². The molecule has 0 saturated heterocycles. The summed E-state index contributed by atoms with van der Waals surface area (Å²) in [5.74, 6) is -2.41. The van der Waals surface area contributed by atoms with Crippen LogP contribution >= 0.6 is 0 Å². The van der Waals surface area contributed by atoms with Crippen molar-refractivity contribution in [3.8, 4) is 5.75 Å². The number of aromatic nitrogens is 3. The monoisotopic (exact) mass is 353 g/mol. The van der Waals surface area contributed by atoms with E-state index < -0.39 is 29.1 Å². The first-order valence-corrected chi connectivity index (χ1v) is 7.19. The summed E-state index contributed by atoms with van der Waals surface area (Å²) in [5, 5.41) is 9.38. The minimum atomic E-state index is -4.82. The Morgan fingerprint density at radius 2 is 2.04 bits per heavy atom. The number of nitrogens with zero attached hydrogens (tertiary/aromatic N) is 3. The molecule has 1 aromatic carbocycles. The van der Waals surface area contributed by atoms with Gasteiger partial charge in [0.15, 0.2) is 5.82 Å². The van der Waals surface area contributed by atoms with Gasteiger partial charge >= 0.3 is 6.18 Å². The molecule has 0 aliphatic carbocycles. The number of carbonyl (C=O) groups excluding carboxylic acids is 1. The highest BCUT2D eigenvalue weighted by Crippen LogP contribution is 2.36. The van der Waals surface area contributed by atoms with Gasteiger partial charge in [0.05, 0.1) is 23.7 Å². The second-order valence-corrected chi connectivity index (χ2v) is 5.26. The van der Waals surface area contributed by atoms with E-state index in [1.165, 1.54) is 0 Å². The van der Waals surface area contributed by atoms with Gasteiger partial charge in [-0.25, -0.2) is 14.4 Å². The van der Waals surface area contributed by atoms with Crippen LogP contribution in [0.3, 0.4) is 0 Å². The van der Waals surface area contributed by atoms with E-state index in [4.69, 9.17) is 0 Å². The summed E-state index contributed by atoms with van der Waals surface area (Å²) in [6, 6.07) is 2.42. The lowest BCUT2D eigenvalue weighted by molar-refractivity contribution is -0.138. The zero-order valence-corrected chi connectivity index (χ0v) is 12.8. The number of phenolic OH excluding ortho intramolecular Hbond substituents is 1. The Labute approximate surface area is 138 Å². The largest absolute Gasteiger partial charge is 0.507 e. The fourth-order valence-corrected chi connectivity index (χ4v) is 2.48. The molecule has 3 rings (SSSR count). The first-order chi connectivity index (χ1) is 11.7. The maximum atomic E-state index is 13.5. The number of alkyl halides is 3. The van der Waals surface area contributed by atoms with Crippen LogP contribution in [0.2, 0.25) is 0 Å². The summed E-state index contributed by atoms with van der Waals surface area (Å²) in [5.41, 5.74) is -1.41. The number of imidazole rings is 1. The molecular weight excluding hydrogens is 342 g/mol. The molecule has 0 radical (unpaired) electrons. The third-order valence-electron chi connectivity index (χ3n) is 3.63. The predicted octanol–water partition coefficient (Wildman–Crippen LogP) is 3.39. The molecule has 0 spiro atoms. The number of hydrogen-bond acceptors (Lipinski definition) is 4. The van der Waals surface area contributed by atoms with Crippen LogP contribution in [0.5, 0.6) is 5.75 Å². The third-order valence-corrected chi connectivity index (χ3v) is 3.63. The second kappa shape index (κ2) is 5.83. The van der Waals surface area contributed by atoms with Gasteiger partial charge in [0.2, 0.25) is 11.6 Å². The number of phenols is 1. The summed E-state index contributed by atoms with van der Waals surface area (Å²) in [6.45, 7) is 1.70. The predicted molar refractivity (Wildman–Crippen MR) is 78.9 cm³/mol. The van der Waals surface area contributed by atoms with E-state index in [0.717, 1.165) is 28.9 Å². The van der Waals surface area contributed by atoms with Crippen LogP contribution in [0.25, 0.3) is 5.78 Å². The van der Waals surface area contributed by atoms with Gasteiger partial charge in [-0.1, -0.05) is 6.92 Å². The van der Waals surface area contributed by atoms with Gasteiger partial charge in [-0.05, 0) is 24.6 Å². The molecule has 0 fully saturated rings. The first kappa shape index (κ1) is 16.9. The van der Waals surface area contributed by atoms with Crippen molar-refractivity contribution in [2.45, 2.75) is 19.5 Å². The van der Waals surface area contributed by atoms with Crippen molar-refractivity contribution in [3.05, 3.63) is 58.9 Å². The molecule has 1 N–H and O–H groups in total. The van der Waals surface area contributed by atoms with E-state index in [1.54, 1.807) is 6.92 Å². The number of benzene rings is 1. The highest BCUT2D eigenvalue weighted by atomic mass is 19.4. The Morgan fingerprint density at radius 1 is 1.32 bits per heavy atom. The fourth-order valence-electron chi connectivity index (χ4n) is 2.48. The Balaban J connectivity index is 2.19. The number of rotatable bonds is 3. The quantitative estimate of drug-likeness (QED) is 0.579. The molecular formula is C16H11F4N3O2. The normalized spacial score (nSPS) is 11.9. The summed E-state index contributed by atoms with van der Waals surface area (Å²) >= 11 is 0. The van der Waals surface area contributed by atoms with E-state index >= 15 is 0 Å². The minimum absolute atomic E-state index is 0.0661. The Kier molecular flexibility index (Phi) is 3.94. The van der Waals surface area contributed by atoms with Crippen LogP contribution in [-0.2, 0) is 12.6 Å². The average Bonchev–Trinajstić information content (AvgIpc) is 2.91. The maximum Gasteiger partial charge on any atom is 0.419 e. The van der Waals surface area contributed by atoms with E-state index in [0.29, 0.717) is 12.5 Å². The molecule has 130 valence electrons. The van der Waals surface area contributed by atoms with Crippen LogP contribution in [0.4, 0.5) is 17.6 Å². The molecule has 5 nitrogen and oxygen atoms in total. The Morgan fingerprint density at radius 3 is 2.68 bits per heavy atom. The molecule has 0 bridgehead atoms. The zero-order valence-electron chi connectivity index (χ0n) is 12.8. The number of carbonyl (C=O) groups is 1. The van der Waals surface area contributed by atoms with Gasteiger partial charge in [0.25, 0.3) is 0 Å². The molecule has 25 heavy (non-hydrogen) atoms. The van der Waals surface area contributed by atoms with Crippen molar-refractivity contribution in [1.82, 2.24) is 14.4 Å². The number of aromatic hydroxyl groups is 1. The summed E-state index contributed by atoms with van der Waals surface area (Å²) in [4.78, 5) is 20.6. The molecule has 3 aromatic rings. The number of halogens is 4. The number of ketones is 1. The molecule has 0 amide bonds. The minimum Gasteiger partial charge on any atom is -0.507 e. The Bertz CT molecular complexity index is 979. The van der Waals surface area contributed by atoms with Crippen molar-refractivity contribution in [2.75, 3.05) is 0 Å². The van der Waals surface area contributed by atoms with Crippen molar-refractivity contribution >= 4 is 11.6 Å².